The van der Waals surface area contributed by atoms with Crippen LogP contribution in [0.3, 0.4) is 0 Å². The molecule has 1 fully saturated rings. The fourth-order valence-corrected chi connectivity index (χ4v) is 4.48. The minimum Gasteiger partial charge on any atom is -0.390 e. The molecule has 0 amide bonds. The Kier molecular flexibility index (Phi) is 7.28. The Balaban J connectivity index is 1.67. The molecule has 3 aromatic rings. The number of nitrogens with one attached hydrogen (secondary N) is 1. The van der Waals surface area contributed by atoms with E-state index in [2.05, 4.69) is 73.9 Å². The molecule has 0 atom stereocenters. The molecule has 0 bridgehead atoms. The summed E-state index contributed by atoms with van der Waals surface area (Å²) in [5.74, 6) is 1.60. The van der Waals surface area contributed by atoms with Gasteiger partial charge in [0, 0.05) is 60.7 Å². The van der Waals surface area contributed by atoms with Crippen molar-refractivity contribution < 1.29 is 5.11 Å². The fraction of sp³-hybridized carbons (Fsp3) is 0.429. The van der Waals surface area contributed by atoms with Crippen LogP contribution in [0.5, 0.6) is 0 Å². The van der Waals surface area contributed by atoms with Crippen LogP contribution in [0.4, 0.5) is 5.69 Å². The topological polar surface area (TPSA) is 70.6 Å². The van der Waals surface area contributed by atoms with Crippen LogP contribution in [0, 0.1) is 20.8 Å². The number of fused-ring (bicyclic) bond motifs is 1. The highest BCUT2D eigenvalue weighted by Gasteiger charge is 2.25. The molecule has 7 nitrogen and oxygen atoms in total. The third kappa shape index (κ3) is 5.11. The molecular weight excluding hydrogens is 436 g/mol. The Morgan fingerprint density at radius 2 is 2.00 bits per heavy atom. The molecule has 1 saturated heterocycles. The van der Waals surface area contributed by atoms with Gasteiger partial charge in [-0.2, -0.15) is 5.10 Å². The van der Waals surface area contributed by atoms with Gasteiger partial charge in [0.2, 0.25) is 0 Å². The van der Waals surface area contributed by atoms with Gasteiger partial charge in [0.25, 0.3) is 0 Å². The maximum atomic E-state index is 9.61. The van der Waals surface area contributed by atoms with Crippen molar-refractivity contribution in [3.05, 3.63) is 70.5 Å². The number of nitrogens with zero attached hydrogens (tertiary/aromatic N) is 5. The van der Waals surface area contributed by atoms with E-state index in [0.717, 1.165) is 54.7 Å². The van der Waals surface area contributed by atoms with E-state index >= 15 is 0 Å². The largest absolute Gasteiger partial charge is 0.390 e. The maximum absolute atomic E-state index is 9.61. The zero-order valence-corrected chi connectivity index (χ0v) is 22.1. The summed E-state index contributed by atoms with van der Waals surface area (Å²) in [6.07, 6.45) is 6.72. The average Bonchev–Trinajstić information content (AvgIpc) is 3.29. The van der Waals surface area contributed by atoms with E-state index in [-0.39, 0.29) is 6.10 Å². The van der Waals surface area contributed by atoms with E-state index in [1.807, 2.05) is 30.7 Å². The van der Waals surface area contributed by atoms with Crippen molar-refractivity contribution in [3.8, 4) is 0 Å². The molecule has 35 heavy (non-hydrogen) atoms. The molecule has 2 N–H and O–H groups in total. The smallest absolute Gasteiger partial charge is 0.155 e. The highest BCUT2D eigenvalue weighted by Crippen LogP contribution is 2.28. The molecule has 1 aromatic carbocycles. The van der Waals surface area contributed by atoms with Gasteiger partial charge < -0.3 is 15.0 Å². The van der Waals surface area contributed by atoms with Crippen LogP contribution in [0.2, 0.25) is 0 Å². The lowest BCUT2D eigenvalue weighted by Gasteiger charge is -2.35. The van der Waals surface area contributed by atoms with Gasteiger partial charge in [-0.15, -0.1) is 0 Å². The first kappa shape index (κ1) is 24.9. The zero-order valence-electron chi connectivity index (χ0n) is 22.1. The second-order valence-corrected chi connectivity index (χ2v) is 9.61. The average molecular weight is 475 g/mol. The number of aromatic nitrogens is 3. The second-order valence-electron chi connectivity index (χ2n) is 9.61. The van der Waals surface area contributed by atoms with Crippen molar-refractivity contribution >= 4 is 22.4 Å². The van der Waals surface area contributed by atoms with Gasteiger partial charge >= 0.3 is 0 Å². The van der Waals surface area contributed by atoms with Gasteiger partial charge in [0.1, 0.15) is 5.82 Å². The molecule has 0 unspecified atom stereocenters. The monoisotopic (exact) mass is 474 g/mol. The molecule has 0 spiro atoms. The van der Waals surface area contributed by atoms with Gasteiger partial charge in [-0.25, -0.2) is 9.67 Å². The number of hydrogen-bond donors (Lipinski definition) is 2. The maximum Gasteiger partial charge on any atom is 0.155 e. The second kappa shape index (κ2) is 10.2. The van der Waals surface area contributed by atoms with Gasteiger partial charge in [-0.05, 0) is 76.5 Å². The normalized spacial score (nSPS) is 16.3. The highest BCUT2D eigenvalue weighted by atomic mass is 16.3. The first-order valence-corrected chi connectivity index (χ1v) is 12.4. The van der Waals surface area contributed by atoms with Crippen LogP contribution in [-0.4, -0.2) is 49.4 Å². The van der Waals surface area contributed by atoms with E-state index in [9.17, 15) is 5.11 Å². The van der Waals surface area contributed by atoms with Crippen molar-refractivity contribution in [3.63, 3.8) is 0 Å². The minimum atomic E-state index is -0.205. The summed E-state index contributed by atoms with van der Waals surface area (Å²) in [6, 6.07) is 6.50. The van der Waals surface area contributed by atoms with Crippen LogP contribution in [0.25, 0.3) is 10.9 Å². The van der Waals surface area contributed by atoms with E-state index in [1.54, 1.807) is 0 Å². The molecule has 1 aliphatic heterocycles. The SMILES string of the molecule is C\C=C/C(=N\C(Nc1ccc2c(c1)c(C)c(C)n2C)=C(/C)CC)n1cc(CN2CC(O)C2)c(C)n1. The lowest BCUT2D eigenvalue weighted by molar-refractivity contribution is -0.00297. The summed E-state index contributed by atoms with van der Waals surface area (Å²) >= 11 is 0. The molecule has 1 aliphatic rings. The first-order chi connectivity index (χ1) is 16.7. The molecule has 7 heteroatoms. The van der Waals surface area contributed by atoms with Crippen molar-refractivity contribution in [2.75, 3.05) is 18.4 Å². The summed E-state index contributed by atoms with van der Waals surface area (Å²) in [6.45, 7) is 14.8. The molecular formula is C28H38N6O. The van der Waals surface area contributed by atoms with Gasteiger partial charge in [-0.1, -0.05) is 13.0 Å². The Morgan fingerprint density at radius 1 is 1.26 bits per heavy atom. The number of anilines is 1. The number of rotatable bonds is 7. The highest BCUT2D eigenvalue weighted by molar-refractivity contribution is 5.95. The summed E-state index contributed by atoms with van der Waals surface area (Å²) in [4.78, 5) is 7.27. The lowest BCUT2D eigenvalue weighted by atomic mass is 10.1. The molecule has 186 valence electrons. The van der Waals surface area contributed by atoms with Crippen molar-refractivity contribution in [2.24, 2.45) is 12.0 Å². The number of aliphatic hydroxyl groups is 1. The van der Waals surface area contributed by atoms with Gasteiger partial charge in [0.05, 0.1) is 11.8 Å². The summed E-state index contributed by atoms with van der Waals surface area (Å²) in [5, 5.41) is 19.2. The number of aryl methyl sites for hydroxylation is 3. The number of aliphatic imine (C=N–C) groups is 1. The predicted octanol–water partition coefficient (Wildman–Crippen LogP) is 5.05. The number of aliphatic hydroxyl groups excluding tert-OH is 1. The Hall–Kier alpha value is -3.16. The molecule has 2 aromatic heterocycles. The summed E-state index contributed by atoms with van der Waals surface area (Å²) in [7, 11) is 2.11. The van der Waals surface area contributed by atoms with Crippen molar-refractivity contribution in [1.82, 2.24) is 19.2 Å². The third-order valence-electron chi connectivity index (χ3n) is 7.11. The number of allylic oxidation sites excluding steroid dienone is 3. The number of hydrogen-bond acceptors (Lipinski definition) is 5. The number of likely N-dealkylation sites (tertiary alicyclic amines) is 1. The summed E-state index contributed by atoms with van der Waals surface area (Å²) in [5.41, 5.74) is 8.14. The Morgan fingerprint density at radius 3 is 2.66 bits per heavy atom. The predicted molar refractivity (Wildman–Crippen MR) is 145 cm³/mol. The molecule has 4 rings (SSSR count). The first-order valence-electron chi connectivity index (χ1n) is 12.4. The molecule has 3 heterocycles. The standard InChI is InChI=1S/C28H38N6O/c1-8-10-27(34-15-22(20(5)31-34)14-33-16-24(35)17-33)30-28(18(3)9-2)29-23-11-12-26-25(13-23)19(4)21(6)32(26)7/h8,10-13,15,24,29,35H,9,14,16-17H2,1-7H3/b10-8-,28-18+,30-27+. The van der Waals surface area contributed by atoms with E-state index in [0.29, 0.717) is 0 Å². The van der Waals surface area contributed by atoms with E-state index in [1.165, 1.54) is 27.7 Å². The molecule has 0 saturated carbocycles. The summed E-state index contributed by atoms with van der Waals surface area (Å²) < 4.78 is 4.10. The van der Waals surface area contributed by atoms with Gasteiger partial charge in [-0.3, -0.25) is 4.90 Å². The van der Waals surface area contributed by atoms with Crippen LogP contribution in [-0.2, 0) is 13.6 Å². The number of benzene rings is 1. The lowest BCUT2D eigenvalue weighted by Crippen LogP contribution is -2.49. The van der Waals surface area contributed by atoms with Crippen LogP contribution < -0.4 is 5.32 Å². The zero-order chi connectivity index (χ0) is 25.3. The Bertz CT molecular complexity index is 1320. The van der Waals surface area contributed by atoms with Crippen LogP contribution >= 0.6 is 0 Å². The third-order valence-corrected chi connectivity index (χ3v) is 7.11. The van der Waals surface area contributed by atoms with E-state index in [4.69, 9.17) is 10.1 Å². The van der Waals surface area contributed by atoms with Crippen molar-refractivity contribution in [1.29, 1.82) is 0 Å². The molecule has 0 aliphatic carbocycles. The van der Waals surface area contributed by atoms with Crippen LogP contribution in [0.15, 0.2) is 52.9 Å². The molecule has 0 radical (unpaired) electrons. The Labute approximate surface area is 208 Å². The fourth-order valence-electron chi connectivity index (χ4n) is 4.48. The van der Waals surface area contributed by atoms with Crippen molar-refractivity contribution in [2.45, 2.75) is 60.6 Å². The van der Waals surface area contributed by atoms with Gasteiger partial charge in [0.15, 0.2) is 5.84 Å². The van der Waals surface area contributed by atoms with E-state index < -0.39 is 0 Å². The quantitative estimate of drug-likeness (QED) is 0.371. The minimum absolute atomic E-state index is 0.205. The van der Waals surface area contributed by atoms with Crippen LogP contribution in [0.1, 0.15) is 49.7 Å². The number of β-amino-alcohol motifs (C(OH)–C–C–N with tert-alkyl or cyclic N) is 1.